The fourth-order valence-corrected chi connectivity index (χ4v) is 4.67. The van der Waals surface area contributed by atoms with E-state index in [0.29, 0.717) is 17.9 Å². The van der Waals surface area contributed by atoms with E-state index in [4.69, 9.17) is 9.47 Å². The number of nitrogens with zero attached hydrogens (tertiary/aromatic N) is 2. The van der Waals surface area contributed by atoms with Gasteiger partial charge in [-0.05, 0) is 94.5 Å². The highest BCUT2D eigenvalue weighted by Gasteiger charge is 2.24. The van der Waals surface area contributed by atoms with Crippen LogP contribution in [0, 0.1) is 11.3 Å². The van der Waals surface area contributed by atoms with E-state index in [1.807, 2.05) is 32.0 Å². The van der Waals surface area contributed by atoms with Crippen LogP contribution in [0.2, 0.25) is 0 Å². The van der Waals surface area contributed by atoms with Crippen LogP contribution in [0.3, 0.4) is 0 Å². The zero-order valence-electron chi connectivity index (χ0n) is 21.9. The van der Waals surface area contributed by atoms with Gasteiger partial charge in [-0.15, -0.1) is 0 Å². The highest BCUT2D eigenvalue weighted by atomic mass is 16.5. The van der Waals surface area contributed by atoms with Crippen molar-refractivity contribution < 1.29 is 9.47 Å². The second-order valence-electron chi connectivity index (χ2n) is 11.2. The summed E-state index contributed by atoms with van der Waals surface area (Å²) in [6.07, 6.45) is 4.60. The van der Waals surface area contributed by atoms with Gasteiger partial charge < -0.3 is 14.4 Å². The van der Waals surface area contributed by atoms with Crippen LogP contribution >= 0.6 is 0 Å². The van der Waals surface area contributed by atoms with Gasteiger partial charge in [0.2, 0.25) is 0 Å². The van der Waals surface area contributed by atoms with E-state index in [9.17, 15) is 5.26 Å². The van der Waals surface area contributed by atoms with Crippen molar-refractivity contribution >= 4 is 16.5 Å². The lowest BCUT2D eigenvalue weighted by Crippen LogP contribution is -2.32. The first-order chi connectivity index (χ1) is 16.6. The zero-order chi connectivity index (χ0) is 25.1. The number of anilines is 1. The maximum atomic E-state index is 10.1. The SMILES string of the molecule is CC(C)(C)OCCC(C)(C)Oc1cccc(-c2ccc3cc(N4CCCCC4)ccc3c2)c1C#N. The Morgan fingerprint density at radius 1 is 0.886 bits per heavy atom. The molecular formula is C31H38N2O2. The van der Waals surface area contributed by atoms with Gasteiger partial charge in [-0.25, -0.2) is 0 Å². The fraction of sp³-hybridized carbons (Fsp3) is 0.452. The molecule has 4 heteroatoms. The molecule has 3 aromatic carbocycles. The Hall–Kier alpha value is -3.03. The van der Waals surface area contributed by atoms with Crippen LogP contribution in [-0.2, 0) is 4.74 Å². The summed E-state index contributed by atoms with van der Waals surface area (Å²) < 4.78 is 12.3. The molecule has 0 bridgehead atoms. The summed E-state index contributed by atoms with van der Waals surface area (Å²) in [4.78, 5) is 2.49. The van der Waals surface area contributed by atoms with Gasteiger partial charge in [-0.1, -0.05) is 30.3 Å². The molecule has 35 heavy (non-hydrogen) atoms. The number of hydrogen-bond acceptors (Lipinski definition) is 4. The molecular weight excluding hydrogens is 432 g/mol. The molecule has 1 aliphatic heterocycles. The van der Waals surface area contributed by atoms with E-state index in [2.05, 4.69) is 68.1 Å². The number of ether oxygens (including phenoxy) is 2. The van der Waals surface area contributed by atoms with Crippen LogP contribution in [0.25, 0.3) is 21.9 Å². The summed E-state index contributed by atoms with van der Waals surface area (Å²) in [5, 5.41) is 12.5. The predicted molar refractivity (Wildman–Crippen MR) is 145 cm³/mol. The fourth-order valence-electron chi connectivity index (χ4n) is 4.67. The van der Waals surface area contributed by atoms with E-state index < -0.39 is 5.60 Å². The van der Waals surface area contributed by atoms with Gasteiger partial charge in [0.25, 0.3) is 0 Å². The molecule has 0 spiro atoms. The normalized spacial score (nSPS) is 14.7. The molecule has 1 saturated heterocycles. The Balaban J connectivity index is 1.58. The van der Waals surface area contributed by atoms with Crippen molar-refractivity contribution in [1.82, 2.24) is 0 Å². The Bertz CT molecular complexity index is 1210. The van der Waals surface area contributed by atoms with Crippen molar-refractivity contribution in [2.45, 2.75) is 71.5 Å². The Morgan fingerprint density at radius 2 is 1.60 bits per heavy atom. The minimum atomic E-state index is -0.455. The second-order valence-corrected chi connectivity index (χ2v) is 11.2. The average Bonchev–Trinajstić information content (AvgIpc) is 2.82. The Kier molecular flexibility index (Phi) is 7.38. The number of benzene rings is 3. The molecule has 0 amide bonds. The predicted octanol–water partition coefficient (Wildman–Crippen LogP) is 7.73. The molecule has 3 aromatic rings. The summed E-state index contributed by atoms with van der Waals surface area (Å²) in [7, 11) is 0. The van der Waals surface area contributed by atoms with E-state index in [1.165, 1.54) is 35.7 Å². The van der Waals surface area contributed by atoms with Crippen molar-refractivity contribution in [2.75, 3.05) is 24.6 Å². The highest BCUT2D eigenvalue weighted by Crippen LogP contribution is 2.35. The smallest absolute Gasteiger partial charge is 0.138 e. The lowest BCUT2D eigenvalue weighted by atomic mass is 9.96. The summed E-state index contributed by atoms with van der Waals surface area (Å²) in [6, 6.07) is 21.4. The quantitative estimate of drug-likeness (QED) is 0.354. The van der Waals surface area contributed by atoms with Gasteiger partial charge in [0.1, 0.15) is 23.0 Å². The van der Waals surface area contributed by atoms with Crippen molar-refractivity contribution in [3.05, 3.63) is 60.2 Å². The summed E-state index contributed by atoms with van der Waals surface area (Å²) in [5.74, 6) is 0.617. The monoisotopic (exact) mass is 470 g/mol. The topological polar surface area (TPSA) is 45.5 Å². The molecule has 4 rings (SSSR count). The van der Waals surface area contributed by atoms with Crippen molar-refractivity contribution in [2.24, 2.45) is 0 Å². The van der Waals surface area contributed by atoms with Crippen molar-refractivity contribution in [1.29, 1.82) is 5.26 Å². The molecule has 1 fully saturated rings. The second kappa shape index (κ2) is 10.3. The van der Waals surface area contributed by atoms with Crippen molar-refractivity contribution in [3.63, 3.8) is 0 Å². The van der Waals surface area contributed by atoms with Gasteiger partial charge in [-0.3, -0.25) is 0 Å². The Morgan fingerprint density at radius 3 is 2.31 bits per heavy atom. The standard InChI is InChI=1S/C31H38N2O2/c1-30(2,3)34-19-16-31(4,5)35-29-11-9-10-27(28(29)22-32)25-13-12-24-21-26(15-14-23(24)20-25)33-17-7-6-8-18-33/h9-15,20-21H,6-8,16-19H2,1-5H3. The van der Waals surface area contributed by atoms with E-state index in [-0.39, 0.29) is 5.60 Å². The van der Waals surface area contributed by atoms with Crippen LogP contribution < -0.4 is 9.64 Å². The Labute approximate surface area is 210 Å². The summed E-state index contributed by atoms with van der Waals surface area (Å²) in [5.41, 5.74) is 3.16. The summed E-state index contributed by atoms with van der Waals surface area (Å²) in [6.45, 7) is 13.1. The molecule has 0 atom stereocenters. The zero-order valence-corrected chi connectivity index (χ0v) is 21.9. The first kappa shape index (κ1) is 25.1. The maximum absolute atomic E-state index is 10.1. The van der Waals surface area contributed by atoms with E-state index in [0.717, 1.165) is 30.6 Å². The van der Waals surface area contributed by atoms with Gasteiger partial charge in [0.05, 0.1) is 12.2 Å². The maximum Gasteiger partial charge on any atom is 0.138 e. The number of nitriles is 1. The first-order valence-corrected chi connectivity index (χ1v) is 12.8. The number of piperidine rings is 1. The average molecular weight is 471 g/mol. The number of rotatable bonds is 7. The molecule has 1 heterocycles. The van der Waals surface area contributed by atoms with Crippen LogP contribution in [-0.4, -0.2) is 30.9 Å². The van der Waals surface area contributed by atoms with Gasteiger partial charge in [0.15, 0.2) is 0 Å². The first-order valence-electron chi connectivity index (χ1n) is 12.8. The van der Waals surface area contributed by atoms with Crippen LogP contribution in [0.4, 0.5) is 5.69 Å². The molecule has 0 radical (unpaired) electrons. The van der Waals surface area contributed by atoms with Crippen LogP contribution in [0.1, 0.15) is 65.9 Å². The minimum Gasteiger partial charge on any atom is -0.486 e. The third-order valence-electron chi connectivity index (χ3n) is 6.62. The lowest BCUT2D eigenvalue weighted by Gasteiger charge is -2.29. The lowest BCUT2D eigenvalue weighted by molar-refractivity contribution is -0.0293. The summed E-state index contributed by atoms with van der Waals surface area (Å²) >= 11 is 0. The third kappa shape index (κ3) is 6.35. The highest BCUT2D eigenvalue weighted by molar-refractivity contribution is 5.91. The molecule has 0 aliphatic carbocycles. The van der Waals surface area contributed by atoms with E-state index in [1.54, 1.807) is 0 Å². The third-order valence-corrected chi connectivity index (χ3v) is 6.62. The van der Waals surface area contributed by atoms with Crippen molar-refractivity contribution in [3.8, 4) is 22.9 Å². The molecule has 4 nitrogen and oxygen atoms in total. The van der Waals surface area contributed by atoms with Gasteiger partial charge >= 0.3 is 0 Å². The molecule has 1 aliphatic rings. The molecule has 0 aromatic heterocycles. The number of fused-ring (bicyclic) bond motifs is 1. The van der Waals surface area contributed by atoms with Crippen LogP contribution in [0.15, 0.2) is 54.6 Å². The van der Waals surface area contributed by atoms with Crippen LogP contribution in [0.5, 0.6) is 5.75 Å². The largest absolute Gasteiger partial charge is 0.486 e. The molecule has 0 saturated carbocycles. The minimum absolute atomic E-state index is 0.182. The molecule has 0 unspecified atom stereocenters. The number of hydrogen-bond donors (Lipinski definition) is 0. The molecule has 0 N–H and O–H groups in total. The van der Waals surface area contributed by atoms with Gasteiger partial charge in [-0.2, -0.15) is 5.26 Å². The molecule has 184 valence electrons. The van der Waals surface area contributed by atoms with E-state index >= 15 is 0 Å². The van der Waals surface area contributed by atoms with Gasteiger partial charge in [0, 0.05) is 30.8 Å².